The second kappa shape index (κ2) is 6.56. The minimum Gasteiger partial charge on any atom is -0.494 e. The normalized spacial score (nSPS) is 10.5. The average Bonchev–Trinajstić information content (AvgIpc) is 2.45. The molecule has 0 fully saturated rings. The van der Waals surface area contributed by atoms with Crippen molar-refractivity contribution < 1.29 is 4.74 Å². The molecule has 0 radical (unpaired) electrons. The maximum atomic E-state index is 11.9. The molecule has 0 saturated heterocycles. The monoisotopic (exact) mass is 337 g/mol. The van der Waals surface area contributed by atoms with Crippen LogP contribution in [0.5, 0.6) is 5.75 Å². The van der Waals surface area contributed by atoms with Crippen LogP contribution in [0, 0.1) is 6.92 Å². The summed E-state index contributed by atoms with van der Waals surface area (Å²) in [6.07, 6.45) is 2.28. The van der Waals surface area contributed by atoms with Gasteiger partial charge < -0.3 is 10.5 Å². The van der Waals surface area contributed by atoms with E-state index in [-0.39, 0.29) is 5.56 Å². The zero-order valence-electron chi connectivity index (χ0n) is 11.2. The van der Waals surface area contributed by atoms with Crippen LogP contribution in [0.15, 0.2) is 39.9 Å². The van der Waals surface area contributed by atoms with Crippen molar-refractivity contribution in [3.05, 3.63) is 51.1 Å². The van der Waals surface area contributed by atoms with Crippen molar-refractivity contribution in [3.63, 3.8) is 0 Å². The van der Waals surface area contributed by atoms with Crippen LogP contribution in [0.4, 0.5) is 5.69 Å². The van der Waals surface area contributed by atoms with Crippen molar-refractivity contribution in [1.82, 2.24) is 9.55 Å². The summed E-state index contributed by atoms with van der Waals surface area (Å²) >= 11 is 3.24. The third kappa shape index (κ3) is 3.60. The molecule has 0 amide bonds. The van der Waals surface area contributed by atoms with E-state index in [0.717, 1.165) is 12.2 Å². The Bertz CT molecular complexity index is 638. The van der Waals surface area contributed by atoms with Gasteiger partial charge in [0.25, 0.3) is 5.56 Å². The summed E-state index contributed by atoms with van der Waals surface area (Å²) in [4.78, 5) is 16.1. The molecule has 0 aliphatic carbocycles. The molecular weight excluding hydrogens is 322 g/mol. The topological polar surface area (TPSA) is 70.1 Å². The second-order valence-electron chi connectivity index (χ2n) is 4.41. The molecule has 106 valence electrons. The van der Waals surface area contributed by atoms with Gasteiger partial charge in [-0.15, -0.1) is 0 Å². The summed E-state index contributed by atoms with van der Waals surface area (Å²) in [5, 5.41) is 0. The maximum absolute atomic E-state index is 11.9. The van der Waals surface area contributed by atoms with Crippen LogP contribution in [0.1, 0.15) is 12.1 Å². The van der Waals surface area contributed by atoms with Gasteiger partial charge in [-0.3, -0.25) is 9.36 Å². The number of aromatic nitrogens is 2. The van der Waals surface area contributed by atoms with Crippen LogP contribution in [0.2, 0.25) is 0 Å². The smallest absolute Gasteiger partial charge is 0.267 e. The van der Waals surface area contributed by atoms with E-state index in [1.54, 1.807) is 30.0 Å². The van der Waals surface area contributed by atoms with Gasteiger partial charge in [-0.1, -0.05) is 0 Å². The molecule has 1 aromatic heterocycles. The van der Waals surface area contributed by atoms with Crippen LogP contribution >= 0.6 is 15.9 Å². The molecule has 0 unspecified atom stereocenters. The Morgan fingerprint density at radius 1 is 1.35 bits per heavy atom. The third-order valence-electron chi connectivity index (χ3n) is 2.85. The first-order valence-corrected chi connectivity index (χ1v) is 7.07. The van der Waals surface area contributed by atoms with Crippen molar-refractivity contribution >= 4 is 21.6 Å². The molecule has 0 aliphatic rings. The van der Waals surface area contributed by atoms with Crippen LogP contribution in [-0.4, -0.2) is 16.2 Å². The largest absolute Gasteiger partial charge is 0.494 e. The van der Waals surface area contributed by atoms with Crippen molar-refractivity contribution in [2.24, 2.45) is 0 Å². The standard InChI is InChI=1S/C14H16BrN3O2/c1-10-13(15)14(19)18(9-17-10)7-2-8-20-12-5-3-11(16)4-6-12/h3-6,9H,2,7-8,16H2,1H3. The summed E-state index contributed by atoms with van der Waals surface area (Å²) in [6.45, 7) is 2.89. The van der Waals surface area contributed by atoms with E-state index >= 15 is 0 Å². The van der Waals surface area contributed by atoms with Crippen LogP contribution in [-0.2, 0) is 6.54 Å². The number of anilines is 1. The third-order valence-corrected chi connectivity index (χ3v) is 3.76. The zero-order chi connectivity index (χ0) is 14.5. The van der Waals surface area contributed by atoms with Gasteiger partial charge in [0.2, 0.25) is 0 Å². The number of halogens is 1. The van der Waals surface area contributed by atoms with Gasteiger partial charge in [-0.05, 0) is 53.5 Å². The fraction of sp³-hybridized carbons (Fsp3) is 0.286. The Labute approximate surface area is 125 Å². The highest BCUT2D eigenvalue weighted by Crippen LogP contribution is 2.13. The predicted molar refractivity (Wildman–Crippen MR) is 81.9 cm³/mol. The molecule has 5 nitrogen and oxygen atoms in total. The fourth-order valence-corrected chi connectivity index (χ4v) is 2.02. The summed E-state index contributed by atoms with van der Waals surface area (Å²) < 4.78 is 7.66. The van der Waals surface area contributed by atoms with Gasteiger partial charge in [0.1, 0.15) is 10.2 Å². The first-order valence-electron chi connectivity index (χ1n) is 6.28. The lowest BCUT2D eigenvalue weighted by molar-refractivity contribution is 0.300. The van der Waals surface area contributed by atoms with E-state index in [4.69, 9.17) is 10.5 Å². The number of nitrogen functional groups attached to an aromatic ring is 1. The summed E-state index contributed by atoms with van der Waals surface area (Å²) in [7, 11) is 0. The van der Waals surface area contributed by atoms with Crippen molar-refractivity contribution in [1.29, 1.82) is 0 Å². The van der Waals surface area contributed by atoms with Crippen LogP contribution in [0.3, 0.4) is 0 Å². The molecular formula is C14H16BrN3O2. The number of nitrogens with zero attached hydrogens (tertiary/aromatic N) is 2. The summed E-state index contributed by atoms with van der Waals surface area (Å²) in [5.74, 6) is 0.773. The number of hydrogen-bond acceptors (Lipinski definition) is 4. The molecule has 2 N–H and O–H groups in total. The van der Waals surface area contributed by atoms with Gasteiger partial charge in [0.15, 0.2) is 0 Å². The van der Waals surface area contributed by atoms with Gasteiger partial charge in [-0.25, -0.2) is 4.98 Å². The van der Waals surface area contributed by atoms with Crippen molar-refractivity contribution in [2.45, 2.75) is 19.9 Å². The molecule has 1 heterocycles. The lowest BCUT2D eigenvalue weighted by Gasteiger charge is -2.08. The predicted octanol–water partition coefficient (Wildman–Crippen LogP) is 2.37. The SMILES string of the molecule is Cc1ncn(CCCOc2ccc(N)cc2)c(=O)c1Br. The maximum Gasteiger partial charge on any atom is 0.267 e. The summed E-state index contributed by atoms with van der Waals surface area (Å²) in [5.41, 5.74) is 6.94. The lowest BCUT2D eigenvalue weighted by Crippen LogP contribution is -2.23. The molecule has 0 atom stereocenters. The van der Waals surface area contributed by atoms with E-state index in [0.29, 0.717) is 29.0 Å². The van der Waals surface area contributed by atoms with Gasteiger partial charge >= 0.3 is 0 Å². The number of ether oxygens (including phenoxy) is 1. The fourth-order valence-electron chi connectivity index (χ4n) is 1.69. The Balaban J connectivity index is 1.86. The highest BCUT2D eigenvalue weighted by molar-refractivity contribution is 9.10. The van der Waals surface area contributed by atoms with E-state index < -0.39 is 0 Å². The molecule has 2 rings (SSSR count). The van der Waals surface area contributed by atoms with Crippen LogP contribution in [0.25, 0.3) is 0 Å². The molecule has 2 aromatic rings. The lowest BCUT2D eigenvalue weighted by atomic mass is 10.3. The quantitative estimate of drug-likeness (QED) is 0.671. The Morgan fingerprint density at radius 3 is 2.75 bits per heavy atom. The van der Waals surface area contributed by atoms with Gasteiger partial charge in [0, 0.05) is 12.2 Å². The van der Waals surface area contributed by atoms with Crippen LogP contribution < -0.4 is 16.0 Å². The first kappa shape index (κ1) is 14.6. The zero-order valence-corrected chi connectivity index (χ0v) is 12.8. The number of hydrogen-bond donors (Lipinski definition) is 1. The van der Waals surface area contributed by atoms with Crippen molar-refractivity contribution in [3.8, 4) is 5.75 Å². The van der Waals surface area contributed by atoms with E-state index in [1.807, 2.05) is 12.1 Å². The number of nitrogens with two attached hydrogens (primary N) is 1. The molecule has 6 heteroatoms. The van der Waals surface area contributed by atoms with E-state index in [9.17, 15) is 4.79 Å². The molecule has 20 heavy (non-hydrogen) atoms. The van der Waals surface area contributed by atoms with Gasteiger partial charge in [-0.2, -0.15) is 0 Å². The summed E-state index contributed by atoms with van der Waals surface area (Å²) in [6, 6.07) is 7.23. The number of benzene rings is 1. The Kier molecular flexibility index (Phi) is 4.79. The van der Waals surface area contributed by atoms with Gasteiger partial charge in [0.05, 0.1) is 18.6 Å². The number of rotatable bonds is 5. The Hall–Kier alpha value is -1.82. The minimum absolute atomic E-state index is 0.0648. The number of aryl methyl sites for hydroxylation is 2. The molecule has 0 saturated carbocycles. The molecule has 1 aromatic carbocycles. The van der Waals surface area contributed by atoms with E-state index in [1.165, 1.54) is 0 Å². The second-order valence-corrected chi connectivity index (χ2v) is 5.21. The Morgan fingerprint density at radius 2 is 2.05 bits per heavy atom. The molecule has 0 spiro atoms. The minimum atomic E-state index is -0.0648. The van der Waals surface area contributed by atoms with Crippen molar-refractivity contribution in [2.75, 3.05) is 12.3 Å². The highest BCUT2D eigenvalue weighted by atomic mass is 79.9. The highest BCUT2D eigenvalue weighted by Gasteiger charge is 2.04. The van der Waals surface area contributed by atoms with E-state index in [2.05, 4.69) is 20.9 Å². The molecule has 0 aliphatic heterocycles. The first-order chi connectivity index (χ1) is 9.58. The molecule has 0 bridgehead atoms. The average molecular weight is 338 g/mol.